The second-order valence-corrected chi connectivity index (χ2v) is 8.35. The molecule has 0 saturated heterocycles. The number of aryl methyl sites for hydroxylation is 2. The molecule has 5 aromatic rings. The Morgan fingerprint density at radius 1 is 0.971 bits per heavy atom. The first-order chi connectivity index (χ1) is 17.0. The number of pyridine rings is 2. The van der Waals surface area contributed by atoms with Crippen LogP contribution in [-0.4, -0.2) is 20.9 Å². The molecule has 0 aliphatic rings. The predicted molar refractivity (Wildman–Crippen MR) is 136 cm³/mol. The first-order valence-electron chi connectivity index (χ1n) is 11.3. The van der Waals surface area contributed by atoms with Gasteiger partial charge in [0, 0.05) is 39.7 Å². The minimum atomic E-state index is -0.561. The Kier molecular flexibility index (Phi) is 5.97. The lowest BCUT2D eigenvalue weighted by Gasteiger charge is -2.20. The summed E-state index contributed by atoms with van der Waals surface area (Å²) in [5, 5.41) is 7.28. The number of halogens is 1. The van der Waals surface area contributed by atoms with E-state index in [9.17, 15) is 9.18 Å². The summed E-state index contributed by atoms with van der Waals surface area (Å²) >= 11 is 0. The van der Waals surface area contributed by atoms with Crippen LogP contribution >= 0.6 is 0 Å². The van der Waals surface area contributed by atoms with Crippen molar-refractivity contribution >= 4 is 28.3 Å². The van der Waals surface area contributed by atoms with Crippen LogP contribution in [0, 0.1) is 19.7 Å². The maximum atomic E-state index is 14.1. The average Bonchev–Trinajstić information content (AvgIpc) is 3.18. The van der Waals surface area contributed by atoms with E-state index in [1.54, 1.807) is 24.4 Å². The van der Waals surface area contributed by atoms with Crippen LogP contribution in [0.25, 0.3) is 10.9 Å². The van der Waals surface area contributed by atoms with Crippen LogP contribution in [-0.2, 0) is 0 Å². The number of fused-ring (bicyclic) bond motifs is 1. The minimum Gasteiger partial charge on any atom is -0.358 e. The fourth-order valence-corrected chi connectivity index (χ4v) is 4.25. The number of rotatable bonds is 6. The standard InChI is InChI=1S/C28H24FN5O/c1-17-8-7-12-25(31-17)34-27(24-11-5-6-15-30-24)26-18(2)32-23-14-13-19(16-21(23)26)33-28(35)20-9-3-4-10-22(20)29/h3-16,27,32H,1-2H3,(H,31,34)(H,33,35)/t27-/m1/s1. The van der Waals surface area contributed by atoms with E-state index >= 15 is 0 Å². The van der Waals surface area contributed by atoms with Crippen molar-refractivity contribution < 1.29 is 9.18 Å². The van der Waals surface area contributed by atoms with Crippen LogP contribution in [0.2, 0.25) is 0 Å². The molecule has 0 aliphatic heterocycles. The van der Waals surface area contributed by atoms with Gasteiger partial charge in [0.15, 0.2) is 0 Å². The molecular formula is C28H24FN5O. The number of hydrogen-bond acceptors (Lipinski definition) is 4. The summed E-state index contributed by atoms with van der Waals surface area (Å²) in [5.41, 5.74) is 5.18. The zero-order valence-electron chi connectivity index (χ0n) is 19.3. The third kappa shape index (κ3) is 4.61. The highest BCUT2D eigenvalue weighted by molar-refractivity contribution is 6.05. The molecule has 2 aromatic carbocycles. The van der Waals surface area contributed by atoms with Gasteiger partial charge in [-0.2, -0.15) is 0 Å². The van der Waals surface area contributed by atoms with Crippen molar-refractivity contribution in [2.75, 3.05) is 10.6 Å². The molecule has 1 atom stereocenters. The smallest absolute Gasteiger partial charge is 0.258 e. The van der Waals surface area contributed by atoms with E-state index in [1.807, 2.05) is 62.4 Å². The summed E-state index contributed by atoms with van der Waals surface area (Å²) in [5.74, 6) is -0.327. The molecule has 3 N–H and O–H groups in total. The quantitative estimate of drug-likeness (QED) is 0.280. The molecule has 35 heavy (non-hydrogen) atoms. The van der Waals surface area contributed by atoms with E-state index < -0.39 is 11.7 Å². The summed E-state index contributed by atoms with van der Waals surface area (Å²) in [4.78, 5) is 25.4. The van der Waals surface area contributed by atoms with E-state index in [0.29, 0.717) is 5.69 Å². The van der Waals surface area contributed by atoms with Crippen LogP contribution in [0.15, 0.2) is 85.1 Å². The van der Waals surface area contributed by atoms with Gasteiger partial charge in [-0.1, -0.05) is 24.3 Å². The van der Waals surface area contributed by atoms with E-state index in [-0.39, 0.29) is 11.6 Å². The number of hydrogen-bond donors (Lipinski definition) is 3. The monoisotopic (exact) mass is 465 g/mol. The Hall–Kier alpha value is -4.52. The molecule has 3 heterocycles. The van der Waals surface area contributed by atoms with Crippen molar-refractivity contribution in [1.29, 1.82) is 0 Å². The number of H-pyrrole nitrogens is 1. The minimum absolute atomic E-state index is 0.00313. The SMILES string of the molecule is Cc1cccc(N[C@H](c2ccccn2)c2c(C)[nH]c3ccc(NC(=O)c4ccccc4F)cc23)n1. The second kappa shape index (κ2) is 9.38. The molecule has 0 radical (unpaired) electrons. The molecule has 5 rings (SSSR count). The number of aromatic nitrogens is 3. The summed E-state index contributed by atoms with van der Waals surface area (Å²) in [7, 11) is 0. The van der Waals surface area contributed by atoms with Crippen molar-refractivity contribution in [3.63, 3.8) is 0 Å². The number of nitrogens with zero attached hydrogens (tertiary/aromatic N) is 2. The molecule has 1 amide bonds. The number of aromatic amines is 1. The van der Waals surface area contributed by atoms with Crippen LogP contribution in [0.3, 0.4) is 0 Å². The number of benzene rings is 2. The summed E-state index contributed by atoms with van der Waals surface area (Å²) < 4.78 is 14.1. The molecule has 0 fully saturated rings. The number of nitrogens with one attached hydrogen (secondary N) is 3. The van der Waals surface area contributed by atoms with Gasteiger partial charge in [0.25, 0.3) is 5.91 Å². The van der Waals surface area contributed by atoms with Crippen molar-refractivity contribution in [2.24, 2.45) is 0 Å². The van der Waals surface area contributed by atoms with Gasteiger partial charge in [0.2, 0.25) is 0 Å². The molecule has 0 bridgehead atoms. The highest BCUT2D eigenvalue weighted by atomic mass is 19.1. The summed E-state index contributed by atoms with van der Waals surface area (Å²) in [6.07, 6.45) is 1.76. The van der Waals surface area contributed by atoms with Crippen LogP contribution in [0.1, 0.15) is 39.0 Å². The zero-order chi connectivity index (χ0) is 24.4. The Bertz CT molecular complexity index is 1510. The van der Waals surface area contributed by atoms with E-state index in [0.717, 1.165) is 39.4 Å². The van der Waals surface area contributed by atoms with E-state index in [2.05, 4.69) is 25.6 Å². The topological polar surface area (TPSA) is 82.7 Å². The Balaban J connectivity index is 1.57. The van der Waals surface area contributed by atoms with Gasteiger partial charge in [-0.15, -0.1) is 0 Å². The van der Waals surface area contributed by atoms with Gasteiger partial charge in [-0.25, -0.2) is 9.37 Å². The number of carbonyl (C=O) groups is 1. The molecule has 174 valence electrons. The van der Waals surface area contributed by atoms with Crippen LogP contribution in [0.5, 0.6) is 0 Å². The van der Waals surface area contributed by atoms with Gasteiger partial charge < -0.3 is 15.6 Å². The maximum Gasteiger partial charge on any atom is 0.258 e. The molecule has 3 aromatic heterocycles. The fraction of sp³-hybridized carbons (Fsp3) is 0.107. The Morgan fingerprint density at radius 2 is 1.80 bits per heavy atom. The summed E-state index contributed by atoms with van der Waals surface area (Å²) in [6.45, 7) is 3.96. The number of carbonyl (C=O) groups excluding carboxylic acids is 1. The first-order valence-corrected chi connectivity index (χ1v) is 11.3. The van der Waals surface area contributed by atoms with Gasteiger partial charge >= 0.3 is 0 Å². The molecule has 0 aliphatic carbocycles. The summed E-state index contributed by atoms with van der Waals surface area (Å²) in [6, 6.07) is 22.9. The first kappa shape index (κ1) is 22.3. The highest BCUT2D eigenvalue weighted by Gasteiger charge is 2.23. The molecular weight excluding hydrogens is 441 g/mol. The largest absolute Gasteiger partial charge is 0.358 e. The lowest BCUT2D eigenvalue weighted by Crippen LogP contribution is -2.16. The van der Waals surface area contributed by atoms with Gasteiger partial charge in [-0.05, 0) is 68.4 Å². The lowest BCUT2D eigenvalue weighted by atomic mass is 9.99. The van der Waals surface area contributed by atoms with E-state index in [4.69, 9.17) is 0 Å². The van der Waals surface area contributed by atoms with Crippen LogP contribution in [0.4, 0.5) is 15.9 Å². The zero-order valence-corrected chi connectivity index (χ0v) is 19.3. The van der Waals surface area contributed by atoms with Gasteiger partial charge in [0.05, 0.1) is 17.3 Å². The highest BCUT2D eigenvalue weighted by Crippen LogP contribution is 2.35. The van der Waals surface area contributed by atoms with Crippen molar-refractivity contribution in [2.45, 2.75) is 19.9 Å². The van der Waals surface area contributed by atoms with Gasteiger partial charge in [0.1, 0.15) is 11.6 Å². The van der Waals surface area contributed by atoms with Crippen molar-refractivity contribution in [3.05, 3.63) is 119 Å². The third-order valence-corrected chi connectivity index (χ3v) is 5.87. The number of amides is 1. The lowest BCUT2D eigenvalue weighted by molar-refractivity contribution is 0.102. The average molecular weight is 466 g/mol. The molecule has 0 spiro atoms. The van der Waals surface area contributed by atoms with E-state index in [1.165, 1.54) is 12.1 Å². The molecule has 0 saturated carbocycles. The number of anilines is 2. The molecule has 6 nitrogen and oxygen atoms in total. The second-order valence-electron chi connectivity index (χ2n) is 8.35. The van der Waals surface area contributed by atoms with Crippen molar-refractivity contribution in [1.82, 2.24) is 15.0 Å². The van der Waals surface area contributed by atoms with Crippen molar-refractivity contribution in [3.8, 4) is 0 Å². The Morgan fingerprint density at radius 3 is 2.57 bits per heavy atom. The maximum absolute atomic E-state index is 14.1. The van der Waals surface area contributed by atoms with Crippen LogP contribution < -0.4 is 10.6 Å². The predicted octanol–water partition coefficient (Wildman–Crippen LogP) is 6.17. The normalized spacial score (nSPS) is 11.9. The fourth-order valence-electron chi connectivity index (χ4n) is 4.25. The Labute approximate surface area is 202 Å². The van der Waals surface area contributed by atoms with Gasteiger partial charge in [-0.3, -0.25) is 9.78 Å². The molecule has 7 heteroatoms. The molecule has 0 unspecified atom stereocenters. The third-order valence-electron chi connectivity index (χ3n) is 5.87.